The fraction of sp³-hybridized carbons (Fsp3) is 0.273. The summed E-state index contributed by atoms with van der Waals surface area (Å²) in [6, 6.07) is 6.66. The fourth-order valence-corrected chi connectivity index (χ4v) is 1.72. The zero-order chi connectivity index (χ0) is 10.8. The molecule has 1 aromatic rings. The average Bonchev–Trinajstić information content (AvgIpc) is 2.65. The van der Waals surface area contributed by atoms with Crippen molar-refractivity contribution < 1.29 is 14.7 Å². The number of hydrogen-bond donors (Lipinski definition) is 2. The van der Waals surface area contributed by atoms with E-state index in [0.717, 1.165) is 12.0 Å². The van der Waals surface area contributed by atoms with Crippen molar-refractivity contribution in [2.75, 3.05) is 0 Å². The molecule has 1 atom stereocenters. The standard InChI is InChI=1S/C11H11NO3/c13-10-6-5-9(12-10)7-1-3-8(4-2-7)11(14)15/h1-4,9H,5-6H2,(H,12,13)(H,14,15)/t9-/m1/s1. The largest absolute Gasteiger partial charge is 0.478 e. The maximum Gasteiger partial charge on any atom is 0.335 e. The molecule has 4 nitrogen and oxygen atoms in total. The molecule has 0 aromatic heterocycles. The van der Waals surface area contributed by atoms with Gasteiger partial charge in [0, 0.05) is 6.42 Å². The van der Waals surface area contributed by atoms with E-state index < -0.39 is 5.97 Å². The van der Waals surface area contributed by atoms with Crippen LogP contribution in [0.5, 0.6) is 0 Å². The van der Waals surface area contributed by atoms with Crippen molar-refractivity contribution in [2.24, 2.45) is 0 Å². The van der Waals surface area contributed by atoms with Gasteiger partial charge in [0.05, 0.1) is 11.6 Å². The average molecular weight is 205 g/mol. The van der Waals surface area contributed by atoms with E-state index in [9.17, 15) is 9.59 Å². The molecule has 0 unspecified atom stereocenters. The van der Waals surface area contributed by atoms with Gasteiger partial charge in [0.1, 0.15) is 0 Å². The lowest BCUT2D eigenvalue weighted by molar-refractivity contribution is -0.119. The van der Waals surface area contributed by atoms with Gasteiger partial charge in [-0.05, 0) is 24.1 Å². The van der Waals surface area contributed by atoms with Gasteiger partial charge in [-0.1, -0.05) is 12.1 Å². The Balaban J connectivity index is 2.17. The topological polar surface area (TPSA) is 66.4 Å². The van der Waals surface area contributed by atoms with Gasteiger partial charge < -0.3 is 10.4 Å². The van der Waals surface area contributed by atoms with Gasteiger partial charge in [-0.3, -0.25) is 4.79 Å². The van der Waals surface area contributed by atoms with Gasteiger partial charge in [0.15, 0.2) is 0 Å². The number of rotatable bonds is 2. The Bertz CT molecular complexity index is 397. The summed E-state index contributed by atoms with van der Waals surface area (Å²) in [4.78, 5) is 21.6. The number of aromatic carboxylic acids is 1. The molecule has 1 amide bonds. The highest BCUT2D eigenvalue weighted by Crippen LogP contribution is 2.23. The van der Waals surface area contributed by atoms with Crippen molar-refractivity contribution >= 4 is 11.9 Å². The highest BCUT2D eigenvalue weighted by Gasteiger charge is 2.22. The SMILES string of the molecule is O=C1CC[C@H](c2ccc(C(=O)O)cc2)N1. The van der Waals surface area contributed by atoms with Crippen LogP contribution in [0.2, 0.25) is 0 Å². The molecule has 1 fully saturated rings. The molecular formula is C11H11NO3. The Morgan fingerprint density at radius 1 is 1.33 bits per heavy atom. The van der Waals surface area contributed by atoms with E-state index in [-0.39, 0.29) is 17.5 Å². The smallest absolute Gasteiger partial charge is 0.335 e. The molecular weight excluding hydrogens is 194 g/mol. The summed E-state index contributed by atoms with van der Waals surface area (Å²) in [5.41, 5.74) is 1.23. The zero-order valence-electron chi connectivity index (χ0n) is 8.06. The molecule has 1 aliphatic rings. The van der Waals surface area contributed by atoms with Crippen molar-refractivity contribution in [1.29, 1.82) is 0 Å². The van der Waals surface area contributed by atoms with Crippen LogP contribution in [0.3, 0.4) is 0 Å². The van der Waals surface area contributed by atoms with Crippen LogP contribution < -0.4 is 5.32 Å². The van der Waals surface area contributed by atoms with Gasteiger partial charge >= 0.3 is 5.97 Å². The van der Waals surface area contributed by atoms with E-state index >= 15 is 0 Å². The highest BCUT2D eigenvalue weighted by molar-refractivity contribution is 5.87. The summed E-state index contributed by atoms with van der Waals surface area (Å²) in [5, 5.41) is 11.5. The van der Waals surface area contributed by atoms with Crippen LogP contribution in [-0.2, 0) is 4.79 Å². The van der Waals surface area contributed by atoms with Crippen LogP contribution in [0.15, 0.2) is 24.3 Å². The van der Waals surface area contributed by atoms with E-state index in [0.29, 0.717) is 6.42 Å². The van der Waals surface area contributed by atoms with Gasteiger partial charge in [0.25, 0.3) is 0 Å². The quantitative estimate of drug-likeness (QED) is 0.765. The molecule has 1 saturated heterocycles. The van der Waals surface area contributed by atoms with Gasteiger partial charge in [-0.2, -0.15) is 0 Å². The molecule has 0 radical (unpaired) electrons. The van der Waals surface area contributed by atoms with Crippen LogP contribution in [-0.4, -0.2) is 17.0 Å². The molecule has 0 spiro atoms. The van der Waals surface area contributed by atoms with Crippen molar-refractivity contribution in [2.45, 2.75) is 18.9 Å². The first-order chi connectivity index (χ1) is 7.16. The minimum atomic E-state index is -0.933. The molecule has 15 heavy (non-hydrogen) atoms. The monoisotopic (exact) mass is 205 g/mol. The minimum absolute atomic E-state index is 0.0420. The second-order valence-corrected chi connectivity index (χ2v) is 3.59. The first-order valence-electron chi connectivity index (χ1n) is 4.79. The first kappa shape index (κ1) is 9.71. The molecule has 2 N–H and O–H groups in total. The van der Waals surface area contributed by atoms with Crippen LogP contribution in [0.4, 0.5) is 0 Å². The molecule has 0 bridgehead atoms. The number of hydrogen-bond acceptors (Lipinski definition) is 2. The number of carbonyl (C=O) groups excluding carboxylic acids is 1. The first-order valence-corrected chi connectivity index (χ1v) is 4.79. The van der Waals surface area contributed by atoms with Crippen LogP contribution in [0.25, 0.3) is 0 Å². The molecule has 0 aliphatic carbocycles. The van der Waals surface area contributed by atoms with Crippen LogP contribution >= 0.6 is 0 Å². The predicted octanol–water partition coefficient (Wildman–Crippen LogP) is 1.34. The number of carbonyl (C=O) groups is 2. The third-order valence-corrected chi connectivity index (χ3v) is 2.56. The van der Waals surface area contributed by atoms with Gasteiger partial charge in [-0.15, -0.1) is 0 Å². The summed E-state index contributed by atoms with van der Waals surface area (Å²) >= 11 is 0. The summed E-state index contributed by atoms with van der Waals surface area (Å²) < 4.78 is 0. The number of amides is 1. The molecule has 4 heteroatoms. The predicted molar refractivity (Wildman–Crippen MR) is 53.5 cm³/mol. The molecule has 1 heterocycles. The van der Waals surface area contributed by atoms with E-state index in [2.05, 4.69) is 5.32 Å². The Kier molecular flexibility index (Phi) is 2.41. The zero-order valence-corrected chi connectivity index (χ0v) is 8.06. The number of carboxylic acid groups (broad SMARTS) is 1. The second kappa shape index (κ2) is 3.73. The molecule has 78 valence electrons. The summed E-state index contributed by atoms with van der Waals surface area (Å²) in [6.07, 6.45) is 1.33. The normalized spacial score (nSPS) is 20.0. The summed E-state index contributed by atoms with van der Waals surface area (Å²) in [5.74, 6) is -0.876. The Hall–Kier alpha value is -1.84. The summed E-state index contributed by atoms with van der Waals surface area (Å²) in [7, 11) is 0. The van der Waals surface area contributed by atoms with E-state index in [1.165, 1.54) is 0 Å². The lowest BCUT2D eigenvalue weighted by atomic mass is 10.0. The van der Waals surface area contributed by atoms with E-state index in [1.54, 1.807) is 24.3 Å². The summed E-state index contributed by atoms with van der Waals surface area (Å²) in [6.45, 7) is 0. The van der Waals surface area contributed by atoms with Gasteiger partial charge in [-0.25, -0.2) is 4.79 Å². The third-order valence-electron chi connectivity index (χ3n) is 2.56. The fourth-order valence-electron chi connectivity index (χ4n) is 1.72. The van der Waals surface area contributed by atoms with E-state index in [4.69, 9.17) is 5.11 Å². The van der Waals surface area contributed by atoms with Crippen LogP contribution in [0, 0.1) is 0 Å². The maximum absolute atomic E-state index is 11.0. The van der Waals surface area contributed by atoms with Crippen molar-refractivity contribution in [3.05, 3.63) is 35.4 Å². The third kappa shape index (κ3) is 1.98. The van der Waals surface area contributed by atoms with Gasteiger partial charge in [0.2, 0.25) is 5.91 Å². The Labute approximate surface area is 86.9 Å². The minimum Gasteiger partial charge on any atom is -0.478 e. The molecule has 0 saturated carbocycles. The highest BCUT2D eigenvalue weighted by atomic mass is 16.4. The number of benzene rings is 1. The van der Waals surface area contributed by atoms with Crippen molar-refractivity contribution in [1.82, 2.24) is 5.32 Å². The maximum atomic E-state index is 11.0. The van der Waals surface area contributed by atoms with Crippen molar-refractivity contribution in [3.63, 3.8) is 0 Å². The van der Waals surface area contributed by atoms with Crippen LogP contribution in [0.1, 0.15) is 34.8 Å². The Morgan fingerprint density at radius 2 is 2.00 bits per heavy atom. The molecule has 1 aliphatic heterocycles. The Morgan fingerprint density at radius 3 is 2.47 bits per heavy atom. The van der Waals surface area contributed by atoms with E-state index in [1.807, 2.05) is 0 Å². The number of carboxylic acids is 1. The molecule has 2 rings (SSSR count). The molecule has 1 aromatic carbocycles. The van der Waals surface area contributed by atoms with Crippen molar-refractivity contribution in [3.8, 4) is 0 Å². The second-order valence-electron chi connectivity index (χ2n) is 3.59. The lowest BCUT2D eigenvalue weighted by Gasteiger charge is -2.09. The lowest BCUT2D eigenvalue weighted by Crippen LogP contribution is -2.18. The number of nitrogens with one attached hydrogen (secondary N) is 1.